The Hall–Kier alpha value is -1.29. The van der Waals surface area contributed by atoms with Crippen molar-refractivity contribution in [2.75, 3.05) is 30.5 Å². The van der Waals surface area contributed by atoms with E-state index in [-0.39, 0.29) is 28.6 Å². The SMILES string of the molecule is COc1ccc(NC(=O)CC2CSCCN2)cc1S(=O)(=O)NC1CC1. The van der Waals surface area contributed by atoms with Gasteiger partial charge in [-0.25, -0.2) is 13.1 Å². The van der Waals surface area contributed by atoms with E-state index in [2.05, 4.69) is 15.4 Å². The topological polar surface area (TPSA) is 96.5 Å². The molecule has 1 aromatic carbocycles. The van der Waals surface area contributed by atoms with E-state index in [0.29, 0.717) is 12.1 Å². The first-order chi connectivity index (χ1) is 12.0. The molecule has 1 amide bonds. The molecule has 1 heterocycles. The number of nitrogens with one attached hydrogen (secondary N) is 3. The Morgan fingerprint density at radius 1 is 1.40 bits per heavy atom. The van der Waals surface area contributed by atoms with Crippen LogP contribution in [0.1, 0.15) is 19.3 Å². The summed E-state index contributed by atoms with van der Waals surface area (Å²) in [7, 11) is -2.24. The lowest BCUT2D eigenvalue weighted by Gasteiger charge is -2.22. The number of rotatable bonds is 7. The number of hydrogen-bond acceptors (Lipinski definition) is 6. The van der Waals surface area contributed by atoms with Gasteiger partial charge in [-0.05, 0) is 31.0 Å². The van der Waals surface area contributed by atoms with Gasteiger partial charge in [0.2, 0.25) is 15.9 Å². The van der Waals surface area contributed by atoms with Crippen LogP contribution in [0.15, 0.2) is 23.1 Å². The molecule has 1 saturated carbocycles. The minimum Gasteiger partial charge on any atom is -0.495 e. The highest BCUT2D eigenvalue weighted by Gasteiger charge is 2.30. The molecule has 1 aliphatic heterocycles. The highest BCUT2D eigenvalue weighted by Crippen LogP contribution is 2.29. The van der Waals surface area contributed by atoms with Gasteiger partial charge < -0.3 is 15.4 Å². The second-order valence-electron chi connectivity index (χ2n) is 6.24. The summed E-state index contributed by atoms with van der Waals surface area (Å²) in [6.07, 6.45) is 2.07. The normalized spacial score (nSPS) is 20.9. The largest absolute Gasteiger partial charge is 0.495 e. The maximum atomic E-state index is 12.5. The Balaban J connectivity index is 1.71. The summed E-state index contributed by atoms with van der Waals surface area (Å²) in [5, 5.41) is 6.10. The Kier molecular flexibility index (Phi) is 5.88. The van der Waals surface area contributed by atoms with Crippen LogP contribution >= 0.6 is 11.8 Å². The number of methoxy groups -OCH3 is 1. The van der Waals surface area contributed by atoms with E-state index >= 15 is 0 Å². The molecule has 0 bridgehead atoms. The number of carbonyl (C=O) groups excluding carboxylic acids is 1. The maximum absolute atomic E-state index is 12.5. The molecule has 1 saturated heterocycles. The molecule has 2 aliphatic rings. The summed E-state index contributed by atoms with van der Waals surface area (Å²) >= 11 is 1.83. The van der Waals surface area contributed by atoms with E-state index in [1.807, 2.05) is 11.8 Å². The van der Waals surface area contributed by atoms with Crippen LogP contribution in [0, 0.1) is 0 Å². The number of hydrogen-bond donors (Lipinski definition) is 3. The van der Waals surface area contributed by atoms with Gasteiger partial charge in [-0.2, -0.15) is 11.8 Å². The quantitative estimate of drug-likeness (QED) is 0.652. The lowest BCUT2D eigenvalue weighted by molar-refractivity contribution is -0.116. The molecule has 1 unspecified atom stereocenters. The van der Waals surface area contributed by atoms with Crippen molar-refractivity contribution < 1.29 is 17.9 Å². The zero-order valence-electron chi connectivity index (χ0n) is 14.1. The molecular weight excluding hydrogens is 362 g/mol. The van der Waals surface area contributed by atoms with Crippen LogP contribution in [0.4, 0.5) is 5.69 Å². The molecule has 3 N–H and O–H groups in total. The number of sulfonamides is 1. The first-order valence-corrected chi connectivity index (χ1v) is 10.9. The number of carbonyl (C=O) groups is 1. The highest BCUT2D eigenvalue weighted by molar-refractivity contribution is 7.99. The molecule has 0 radical (unpaired) electrons. The Morgan fingerprint density at radius 3 is 2.84 bits per heavy atom. The van der Waals surface area contributed by atoms with Crippen molar-refractivity contribution >= 4 is 33.4 Å². The summed E-state index contributed by atoms with van der Waals surface area (Å²) in [4.78, 5) is 12.3. The van der Waals surface area contributed by atoms with Gasteiger partial charge in [-0.3, -0.25) is 4.79 Å². The minimum atomic E-state index is -3.67. The third-order valence-electron chi connectivity index (χ3n) is 4.07. The molecule has 1 aromatic rings. The molecule has 7 nitrogen and oxygen atoms in total. The lowest BCUT2D eigenvalue weighted by atomic mass is 10.2. The van der Waals surface area contributed by atoms with Crippen molar-refractivity contribution in [3.8, 4) is 5.75 Å². The molecule has 1 atom stereocenters. The van der Waals surface area contributed by atoms with Crippen LogP contribution in [0.5, 0.6) is 5.75 Å². The Labute approximate surface area is 152 Å². The summed E-state index contributed by atoms with van der Waals surface area (Å²) < 4.78 is 32.8. The van der Waals surface area contributed by atoms with E-state index in [9.17, 15) is 13.2 Å². The van der Waals surface area contributed by atoms with Crippen LogP contribution < -0.4 is 20.1 Å². The van der Waals surface area contributed by atoms with Crippen molar-refractivity contribution in [1.82, 2.24) is 10.0 Å². The summed E-state index contributed by atoms with van der Waals surface area (Å²) in [5.74, 6) is 2.09. The molecule has 0 spiro atoms. The molecular formula is C16H23N3O4S2. The number of anilines is 1. The van der Waals surface area contributed by atoms with E-state index in [1.54, 1.807) is 12.1 Å². The molecule has 138 valence electrons. The van der Waals surface area contributed by atoms with Crippen molar-refractivity contribution in [3.05, 3.63) is 18.2 Å². The van der Waals surface area contributed by atoms with Crippen LogP contribution in [-0.4, -0.2) is 51.6 Å². The molecule has 25 heavy (non-hydrogen) atoms. The Morgan fingerprint density at radius 2 is 2.20 bits per heavy atom. The summed E-state index contributed by atoms with van der Waals surface area (Å²) in [6.45, 7) is 0.903. The fourth-order valence-corrected chi connectivity index (χ4v) is 5.08. The molecule has 0 aromatic heterocycles. The van der Waals surface area contributed by atoms with Crippen molar-refractivity contribution in [2.24, 2.45) is 0 Å². The number of thioether (sulfide) groups is 1. The fraction of sp³-hybridized carbons (Fsp3) is 0.562. The van der Waals surface area contributed by atoms with E-state index in [0.717, 1.165) is 30.9 Å². The van der Waals surface area contributed by atoms with Gasteiger partial charge in [0, 0.05) is 42.2 Å². The zero-order chi connectivity index (χ0) is 17.9. The third-order valence-corrected chi connectivity index (χ3v) is 6.74. The summed E-state index contributed by atoms with van der Waals surface area (Å²) in [5.41, 5.74) is 0.449. The van der Waals surface area contributed by atoms with Crippen LogP contribution in [0.3, 0.4) is 0 Å². The number of benzene rings is 1. The maximum Gasteiger partial charge on any atom is 0.244 e. The molecule has 2 fully saturated rings. The van der Waals surface area contributed by atoms with Crippen LogP contribution in [-0.2, 0) is 14.8 Å². The first-order valence-electron chi connectivity index (χ1n) is 8.29. The number of ether oxygens (including phenoxy) is 1. The van der Waals surface area contributed by atoms with E-state index in [1.165, 1.54) is 13.2 Å². The van der Waals surface area contributed by atoms with Gasteiger partial charge in [0.15, 0.2) is 0 Å². The van der Waals surface area contributed by atoms with Gasteiger partial charge >= 0.3 is 0 Å². The zero-order valence-corrected chi connectivity index (χ0v) is 15.7. The van der Waals surface area contributed by atoms with Crippen LogP contribution in [0.2, 0.25) is 0 Å². The standard InChI is InChI=1S/C16H23N3O4S2/c1-23-14-5-4-12(8-15(14)25(21,22)19-11-2-3-11)18-16(20)9-13-10-24-7-6-17-13/h4-5,8,11,13,17,19H,2-3,6-7,9-10H2,1H3,(H,18,20). The fourth-order valence-electron chi connectivity index (χ4n) is 2.64. The van der Waals surface area contributed by atoms with Gasteiger partial charge in [-0.1, -0.05) is 0 Å². The predicted octanol–water partition coefficient (Wildman–Crippen LogP) is 1.17. The number of amides is 1. The van der Waals surface area contributed by atoms with E-state index in [4.69, 9.17) is 4.74 Å². The first kappa shape index (κ1) is 18.5. The smallest absolute Gasteiger partial charge is 0.244 e. The molecule has 3 rings (SSSR count). The van der Waals surface area contributed by atoms with Crippen LogP contribution in [0.25, 0.3) is 0 Å². The van der Waals surface area contributed by atoms with Crippen molar-refractivity contribution in [2.45, 2.75) is 36.2 Å². The average molecular weight is 386 g/mol. The van der Waals surface area contributed by atoms with Crippen molar-refractivity contribution in [3.63, 3.8) is 0 Å². The average Bonchev–Trinajstić information content (AvgIpc) is 3.39. The minimum absolute atomic E-state index is 0.00262. The van der Waals surface area contributed by atoms with Gasteiger partial charge in [0.05, 0.1) is 7.11 Å². The van der Waals surface area contributed by atoms with Gasteiger partial charge in [0.25, 0.3) is 0 Å². The highest BCUT2D eigenvalue weighted by atomic mass is 32.2. The predicted molar refractivity (Wildman–Crippen MR) is 98.7 cm³/mol. The van der Waals surface area contributed by atoms with E-state index < -0.39 is 10.0 Å². The summed E-state index contributed by atoms with van der Waals surface area (Å²) in [6, 6.07) is 4.81. The monoisotopic (exact) mass is 385 g/mol. The van der Waals surface area contributed by atoms with Gasteiger partial charge in [0.1, 0.15) is 10.6 Å². The van der Waals surface area contributed by atoms with Gasteiger partial charge in [-0.15, -0.1) is 0 Å². The second-order valence-corrected chi connectivity index (χ2v) is 9.07. The lowest BCUT2D eigenvalue weighted by Crippen LogP contribution is -2.39. The molecule has 9 heteroatoms. The third kappa shape index (κ3) is 5.10. The molecule has 1 aliphatic carbocycles. The second kappa shape index (κ2) is 7.94. The van der Waals surface area contributed by atoms with Crippen molar-refractivity contribution in [1.29, 1.82) is 0 Å². The Bertz CT molecular complexity index is 729.